The molecular formula is C7H14Cl2O4S2. The molecule has 0 rings (SSSR count). The number of rotatable bonds is 8. The molecule has 0 atom stereocenters. The zero-order valence-corrected chi connectivity index (χ0v) is 11.1. The average Bonchev–Trinajstić information content (AvgIpc) is 2.01. The van der Waals surface area contributed by atoms with Gasteiger partial charge in [0, 0.05) is 16.6 Å². The molecule has 0 saturated heterocycles. The van der Waals surface area contributed by atoms with Gasteiger partial charge in [-0.05, 0) is 0 Å². The molecule has 0 spiro atoms. The second-order valence-electron chi connectivity index (χ2n) is 2.22. The zero-order valence-electron chi connectivity index (χ0n) is 7.88. The summed E-state index contributed by atoms with van der Waals surface area (Å²) >= 11 is 3.04. The van der Waals surface area contributed by atoms with Crippen LogP contribution < -0.4 is 0 Å². The van der Waals surface area contributed by atoms with Crippen molar-refractivity contribution in [2.45, 2.75) is 12.8 Å². The highest BCUT2D eigenvalue weighted by atomic mass is 35.5. The lowest BCUT2D eigenvalue weighted by Crippen LogP contribution is -1.97. The lowest BCUT2D eigenvalue weighted by atomic mass is 10.5. The van der Waals surface area contributed by atoms with E-state index in [9.17, 15) is 9.59 Å². The normalized spacial score (nSPS) is 8.53. The molecule has 0 amide bonds. The van der Waals surface area contributed by atoms with Gasteiger partial charge >= 0.3 is 11.9 Å². The van der Waals surface area contributed by atoms with Crippen molar-refractivity contribution in [2.24, 2.45) is 0 Å². The molecule has 0 saturated carbocycles. The summed E-state index contributed by atoms with van der Waals surface area (Å²) in [6.45, 7) is 0. The van der Waals surface area contributed by atoms with Gasteiger partial charge in [0.2, 0.25) is 0 Å². The van der Waals surface area contributed by atoms with Gasteiger partial charge in [0.05, 0.1) is 12.8 Å². The lowest BCUT2D eigenvalue weighted by molar-refractivity contribution is -0.137. The van der Waals surface area contributed by atoms with Gasteiger partial charge in [-0.2, -0.15) is 23.5 Å². The molecule has 0 aliphatic carbocycles. The van der Waals surface area contributed by atoms with Gasteiger partial charge in [-0.25, -0.2) is 0 Å². The van der Waals surface area contributed by atoms with E-state index in [-0.39, 0.29) is 37.7 Å². The maximum atomic E-state index is 10.1. The van der Waals surface area contributed by atoms with Crippen LogP contribution in [0.1, 0.15) is 12.8 Å². The van der Waals surface area contributed by atoms with Crippen molar-refractivity contribution in [2.75, 3.05) is 16.6 Å². The predicted molar refractivity (Wildman–Crippen MR) is 68.8 cm³/mol. The van der Waals surface area contributed by atoms with E-state index in [2.05, 4.69) is 0 Å². The van der Waals surface area contributed by atoms with Crippen molar-refractivity contribution < 1.29 is 19.8 Å². The van der Waals surface area contributed by atoms with Crippen LogP contribution in [-0.2, 0) is 9.59 Å². The fourth-order valence-electron chi connectivity index (χ4n) is 0.496. The average molecular weight is 297 g/mol. The second kappa shape index (κ2) is 14.2. The Balaban J connectivity index is -0.000000720. The number of carboxylic acid groups (broad SMARTS) is 2. The lowest BCUT2D eigenvalue weighted by Gasteiger charge is -1.98. The van der Waals surface area contributed by atoms with Crippen LogP contribution in [0.4, 0.5) is 0 Å². The molecule has 0 aromatic rings. The Bertz CT molecular complexity index is 162. The summed E-state index contributed by atoms with van der Waals surface area (Å²) in [6.07, 6.45) is 0.342. The minimum Gasteiger partial charge on any atom is -0.481 e. The van der Waals surface area contributed by atoms with Crippen LogP contribution in [0.25, 0.3) is 0 Å². The van der Waals surface area contributed by atoms with Gasteiger partial charge in [-0.3, -0.25) is 9.59 Å². The summed E-state index contributed by atoms with van der Waals surface area (Å²) < 4.78 is 0. The molecule has 4 nitrogen and oxygen atoms in total. The summed E-state index contributed by atoms with van der Waals surface area (Å²) in [7, 11) is 0. The molecule has 0 aliphatic heterocycles. The van der Waals surface area contributed by atoms with E-state index in [0.717, 1.165) is 5.08 Å². The molecule has 15 heavy (non-hydrogen) atoms. The van der Waals surface area contributed by atoms with E-state index < -0.39 is 11.9 Å². The highest BCUT2D eigenvalue weighted by molar-refractivity contribution is 8.15. The third-order valence-corrected chi connectivity index (χ3v) is 3.41. The molecule has 0 bridgehead atoms. The van der Waals surface area contributed by atoms with Crippen molar-refractivity contribution in [3.8, 4) is 0 Å². The molecule has 0 fully saturated rings. The van der Waals surface area contributed by atoms with Crippen molar-refractivity contribution in [1.29, 1.82) is 0 Å². The van der Waals surface area contributed by atoms with Gasteiger partial charge in [-0.15, -0.1) is 24.8 Å². The molecule has 0 aromatic heterocycles. The quantitative estimate of drug-likeness (QED) is 0.528. The van der Waals surface area contributed by atoms with E-state index in [1.165, 1.54) is 23.5 Å². The van der Waals surface area contributed by atoms with Crippen LogP contribution in [0, 0.1) is 0 Å². The van der Waals surface area contributed by atoms with E-state index in [1.54, 1.807) is 0 Å². The summed E-state index contributed by atoms with van der Waals surface area (Å²) in [5.41, 5.74) is 0. The Hall–Kier alpha value is 0.220. The molecule has 92 valence electrons. The number of hydrogen-bond acceptors (Lipinski definition) is 4. The van der Waals surface area contributed by atoms with E-state index in [4.69, 9.17) is 10.2 Å². The molecule has 0 aromatic carbocycles. The third kappa shape index (κ3) is 20.3. The van der Waals surface area contributed by atoms with Gasteiger partial charge in [0.15, 0.2) is 0 Å². The molecule has 0 heterocycles. The number of aliphatic carboxylic acids is 2. The number of thioether (sulfide) groups is 2. The molecule has 0 unspecified atom stereocenters. The first kappa shape index (κ1) is 20.6. The van der Waals surface area contributed by atoms with Crippen LogP contribution >= 0.6 is 48.3 Å². The third-order valence-electron chi connectivity index (χ3n) is 1.09. The molecular weight excluding hydrogens is 283 g/mol. The fourth-order valence-corrected chi connectivity index (χ4v) is 2.55. The Kier molecular flexibility index (Phi) is 19.5. The van der Waals surface area contributed by atoms with Crippen LogP contribution in [-0.4, -0.2) is 38.7 Å². The van der Waals surface area contributed by atoms with Crippen LogP contribution in [0.2, 0.25) is 0 Å². The van der Waals surface area contributed by atoms with Crippen LogP contribution in [0.3, 0.4) is 0 Å². The minimum absolute atomic E-state index is 0. The van der Waals surface area contributed by atoms with E-state index in [0.29, 0.717) is 11.5 Å². The van der Waals surface area contributed by atoms with E-state index in [1.807, 2.05) is 0 Å². The number of carboxylic acids is 2. The standard InChI is InChI=1S/C7H12O4S2.2ClH/c8-6(9)1-3-12-5-13-4-2-7(10)11;;/h1-5H2,(H,8,9)(H,10,11);2*1H. The van der Waals surface area contributed by atoms with E-state index >= 15 is 0 Å². The monoisotopic (exact) mass is 296 g/mol. The smallest absolute Gasteiger partial charge is 0.304 e. The van der Waals surface area contributed by atoms with Crippen molar-refractivity contribution in [3.05, 3.63) is 0 Å². The van der Waals surface area contributed by atoms with Crippen LogP contribution in [0.5, 0.6) is 0 Å². The molecule has 2 N–H and O–H groups in total. The molecule has 0 radical (unpaired) electrons. The Morgan fingerprint density at radius 1 is 0.867 bits per heavy atom. The minimum atomic E-state index is -0.789. The second-order valence-corrected chi connectivity index (χ2v) is 4.80. The summed E-state index contributed by atoms with van der Waals surface area (Å²) in [5.74, 6) is -0.392. The van der Waals surface area contributed by atoms with Gasteiger partial charge in [0.1, 0.15) is 0 Å². The van der Waals surface area contributed by atoms with Gasteiger partial charge in [-0.1, -0.05) is 0 Å². The fraction of sp³-hybridized carbons (Fsp3) is 0.714. The summed E-state index contributed by atoms with van der Waals surface area (Å²) in [6, 6.07) is 0. The van der Waals surface area contributed by atoms with Gasteiger partial charge < -0.3 is 10.2 Å². The first-order valence-electron chi connectivity index (χ1n) is 3.72. The van der Waals surface area contributed by atoms with Crippen LogP contribution in [0.15, 0.2) is 0 Å². The first-order valence-corrected chi connectivity index (χ1v) is 6.03. The summed E-state index contributed by atoms with van der Waals surface area (Å²) in [4.78, 5) is 20.2. The maximum absolute atomic E-state index is 10.1. The van der Waals surface area contributed by atoms with Crippen molar-refractivity contribution in [1.82, 2.24) is 0 Å². The van der Waals surface area contributed by atoms with Crippen molar-refractivity contribution in [3.63, 3.8) is 0 Å². The largest absolute Gasteiger partial charge is 0.481 e. The zero-order chi connectivity index (χ0) is 10.1. The number of halogens is 2. The predicted octanol–water partition coefficient (Wildman–Crippen LogP) is 2.20. The van der Waals surface area contributed by atoms with Gasteiger partial charge in [0.25, 0.3) is 0 Å². The summed E-state index contributed by atoms with van der Waals surface area (Å²) in [5, 5.41) is 17.3. The molecule has 8 heteroatoms. The molecule has 0 aliphatic rings. The highest BCUT2D eigenvalue weighted by Crippen LogP contribution is 2.13. The Morgan fingerprint density at radius 2 is 1.20 bits per heavy atom. The maximum Gasteiger partial charge on any atom is 0.304 e. The SMILES string of the molecule is Cl.Cl.O=C(O)CCSCSCCC(=O)O. The first-order chi connectivity index (χ1) is 6.13. The number of carbonyl (C=O) groups is 2. The van der Waals surface area contributed by atoms with Crippen molar-refractivity contribution >= 4 is 60.3 Å². The number of hydrogen-bond donors (Lipinski definition) is 2. The Labute approximate surface area is 109 Å². The topological polar surface area (TPSA) is 74.6 Å². The Morgan fingerprint density at radius 3 is 1.47 bits per heavy atom. The highest BCUT2D eigenvalue weighted by Gasteiger charge is 1.98.